The molecule has 0 radical (unpaired) electrons. The molecule has 1 amide bonds. The van der Waals surface area contributed by atoms with Crippen LogP contribution in [0.15, 0.2) is 22.7 Å². The lowest BCUT2D eigenvalue weighted by Gasteiger charge is -2.13. The van der Waals surface area contributed by atoms with Crippen LogP contribution >= 0.6 is 15.9 Å². The van der Waals surface area contributed by atoms with Crippen LogP contribution < -0.4 is 10.6 Å². The van der Waals surface area contributed by atoms with Crippen molar-refractivity contribution in [3.63, 3.8) is 0 Å². The van der Waals surface area contributed by atoms with Gasteiger partial charge in [-0.3, -0.25) is 14.9 Å². The predicted molar refractivity (Wildman–Crippen MR) is 75.8 cm³/mol. The highest BCUT2D eigenvalue weighted by molar-refractivity contribution is 9.10. The van der Waals surface area contributed by atoms with Crippen molar-refractivity contribution in [2.24, 2.45) is 0 Å². The zero-order valence-electron chi connectivity index (χ0n) is 10.8. The lowest BCUT2D eigenvalue weighted by Crippen LogP contribution is -2.41. The highest BCUT2D eigenvalue weighted by atomic mass is 79.9. The molecule has 2 N–H and O–H groups in total. The number of benzene rings is 1. The molecule has 19 heavy (non-hydrogen) atoms. The van der Waals surface area contributed by atoms with Gasteiger partial charge in [-0.1, -0.05) is 12.1 Å². The van der Waals surface area contributed by atoms with E-state index >= 15 is 0 Å². The van der Waals surface area contributed by atoms with Gasteiger partial charge in [-0.15, -0.1) is 0 Å². The summed E-state index contributed by atoms with van der Waals surface area (Å²) in [6.07, 6.45) is 0. The van der Waals surface area contributed by atoms with Crippen LogP contribution in [0.3, 0.4) is 0 Å². The minimum absolute atomic E-state index is 0.0185. The number of hydrogen-bond acceptors (Lipinski definition) is 4. The minimum Gasteiger partial charge on any atom is -0.355 e. The van der Waals surface area contributed by atoms with Crippen molar-refractivity contribution >= 4 is 27.5 Å². The van der Waals surface area contributed by atoms with E-state index in [2.05, 4.69) is 26.6 Å². The number of nitrogens with zero attached hydrogens (tertiary/aromatic N) is 1. The summed E-state index contributed by atoms with van der Waals surface area (Å²) in [7, 11) is 0. The summed E-state index contributed by atoms with van der Waals surface area (Å²) in [6.45, 7) is 4.55. The molecule has 0 saturated heterocycles. The minimum atomic E-state index is -0.444. The van der Waals surface area contributed by atoms with Gasteiger partial charge in [0.25, 0.3) is 5.69 Å². The van der Waals surface area contributed by atoms with Crippen molar-refractivity contribution in [2.45, 2.75) is 26.4 Å². The maximum atomic E-state index is 11.5. The van der Waals surface area contributed by atoms with Crippen molar-refractivity contribution in [2.75, 3.05) is 6.54 Å². The number of nitro benzene ring substituents is 1. The molecule has 1 rings (SSSR count). The Bertz CT molecular complexity index is 479. The number of carbonyl (C=O) groups is 1. The molecular formula is C12H16BrN3O3. The highest BCUT2D eigenvalue weighted by Crippen LogP contribution is 2.28. The van der Waals surface area contributed by atoms with E-state index in [1.165, 1.54) is 6.07 Å². The summed E-state index contributed by atoms with van der Waals surface area (Å²) in [5.74, 6) is -0.0935. The van der Waals surface area contributed by atoms with Crippen LogP contribution in [-0.2, 0) is 11.3 Å². The van der Waals surface area contributed by atoms with Gasteiger partial charge in [0.15, 0.2) is 0 Å². The molecule has 0 bridgehead atoms. The van der Waals surface area contributed by atoms with Gasteiger partial charge < -0.3 is 10.6 Å². The normalized spacial score (nSPS) is 11.9. The van der Waals surface area contributed by atoms with Crippen LogP contribution in [0.2, 0.25) is 0 Å². The fourth-order valence-corrected chi connectivity index (χ4v) is 2.08. The van der Waals surface area contributed by atoms with E-state index in [4.69, 9.17) is 0 Å². The number of likely N-dealkylation sites (N-methyl/N-ethyl adjacent to an activating group) is 1. The fraction of sp³-hybridized carbons (Fsp3) is 0.417. The highest BCUT2D eigenvalue weighted by Gasteiger charge is 2.16. The first kappa shape index (κ1) is 15.6. The van der Waals surface area contributed by atoms with Crippen LogP contribution in [0.25, 0.3) is 0 Å². The third-order valence-electron chi connectivity index (χ3n) is 2.60. The number of nitro groups is 1. The summed E-state index contributed by atoms with van der Waals surface area (Å²) in [5, 5.41) is 16.5. The standard InChI is InChI=1S/C12H16BrN3O3/c1-3-14-12(17)8(2)15-7-9-5-4-6-10(11(9)13)16(18)19/h4-6,8,15H,3,7H2,1-2H3,(H,14,17). The number of rotatable bonds is 6. The number of carbonyl (C=O) groups excluding carboxylic acids is 1. The summed E-state index contributed by atoms with van der Waals surface area (Å²) in [5.41, 5.74) is 0.760. The molecule has 7 heteroatoms. The van der Waals surface area contributed by atoms with Gasteiger partial charge in [0, 0.05) is 19.2 Å². The molecule has 0 saturated carbocycles. The van der Waals surface area contributed by atoms with E-state index in [9.17, 15) is 14.9 Å². The second kappa shape index (κ2) is 7.20. The lowest BCUT2D eigenvalue weighted by atomic mass is 10.2. The quantitative estimate of drug-likeness (QED) is 0.617. The summed E-state index contributed by atoms with van der Waals surface area (Å²) >= 11 is 3.22. The predicted octanol–water partition coefficient (Wildman–Crippen LogP) is 1.97. The lowest BCUT2D eigenvalue weighted by molar-refractivity contribution is -0.385. The van der Waals surface area contributed by atoms with Crippen LogP contribution in [-0.4, -0.2) is 23.4 Å². The Morgan fingerprint density at radius 3 is 2.79 bits per heavy atom. The molecular weight excluding hydrogens is 314 g/mol. The Morgan fingerprint density at radius 1 is 1.53 bits per heavy atom. The number of amides is 1. The van der Waals surface area contributed by atoms with Gasteiger partial charge in [-0.2, -0.15) is 0 Å². The van der Waals surface area contributed by atoms with Crippen molar-refractivity contribution in [3.05, 3.63) is 38.3 Å². The van der Waals surface area contributed by atoms with Crippen LogP contribution in [0, 0.1) is 10.1 Å². The summed E-state index contributed by atoms with van der Waals surface area (Å²) in [6, 6.07) is 4.47. The Hall–Kier alpha value is -1.47. The van der Waals surface area contributed by atoms with E-state index in [1.54, 1.807) is 19.1 Å². The van der Waals surface area contributed by atoms with Crippen LogP contribution in [0.1, 0.15) is 19.4 Å². The van der Waals surface area contributed by atoms with Crippen molar-refractivity contribution in [3.8, 4) is 0 Å². The molecule has 1 aromatic rings. The Morgan fingerprint density at radius 2 is 2.21 bits per heavy atom. The molecule has 0 aliphatic carbocycles. The maximum Gasteiger partial charge on any atom is 0.283 e. The first-order valence-corrected chi connectivity index (χ1v) is 6.69. The number of nitrogens with one attached hydrogen (secondary N) is 2. The summed E-state index contributed by atoms with van der Waals surface area (Å²) in [4.78, 5) is 21.9. The van der Waals surface area contributed by atoms with E-state index < -0.39 is 4.92 Å². The van der Waals surface area contributed by atoms with E-state index in [0.29, 0.717) is 17.6 Å². The number of hydrogen-bond donors (Lipinski definition) is 2. The smallest absolute Gasteiger partial charge is 0.283 e. The molecule has 6 nitrogen and oxygen atoms in total. The molecule has 1 atom stereocenters. The van der Waals surface area contributed by atoms with Gasteiger partial charge in [0.05, 0.1) is 15.4 Å². The van der Waals surface area contributed by atoms with Gasteiger partial charge in [-0.25, -0.2) is 0 Å². The Balaban J connectivity index is 2.71. The van der Waals surface area contributed by atoms with Gasteiger partial charge in [-0.05, 0) is 35.3 Å². The molecule has 0 fully saturated rings. The Labute approximate surface area is 119 Å². The van der Waals surface area contributed by atoms with Crippen LogP contribution in [0.5, 0.6) is 0 Å². The maximum absolute atomic E-state index is 11.5. The van der Waals surface area contributed by atoms with Gasteiger partial charge in [0.1, 0.15) is 0 Å². The van der Waals surface area contributed by atoms with Crippen molar-refractivity contribution in [1.82, 2.24) is 10.6 Å². The van der Waals surface area contributed by atoms with E-state index in [1.807, 2.05) is 6.92 Å². The molecule has 0 aliphatic heterocycles. The van der Waals surface area contributed by atoms with Crippen LogP contribution in [0.4, 0.5) is 5.69 Å². The molecule has 0 spiro atoms. The average Bonchev–Trinajstić information content (AvgIpc) is 2.37. The molecule has 0 heterocycles. The number of halogens is 1. The largest absolute Gasteiger partial charge is 0.355 e. The Kier molecular flexibility index (Phi) is 5.91. The zero-order chi connectivity index (χ0) is 14.4. The average molecular weight is 330 g/mol. The molecule has 1 unspecified atom stereocenters. The molecule has 104 valence electrons. The summed E-state index contributed by atoms with van der Waals surface area (Å²) < 4.78 is 0.440. The molecule has 1 aromatic carbocycles. The zero-order valence-corrected chi connectivity index (χ0v) is 12.4. The first-order valence-electron chi connectivity index (χ1n) is 5.90. The molecule has 0 aliphatic rings. The van der Waals surface area contributed by atoms with E-state index in [0.717, 1.165) is 5.56 Å². The third-order valence-corrected chi connectivity index (χ3v) is 3.51. The van der Waals surface area contributed by atoms with Crippen molar-refractivity contribution < 1.29 is 9.72 Å². The van der Waals surface area contributed by atoms with Crippen molar-refractivity contribution in [1.29, 1.82) is 0 Å². The monoisotopic (exact) mass is 329 g/mol. The van der Waals surface area contributed by atoms with Gasteiger partial charge in [0.2, 0.25) is 5.91 Å². The SMILES string of the molecule is CCNC(=O)C(C)NCc1cccc([N+](=O)[O-])c1Br. The fourth-order valence-electron chi connectivity index (χ4n) is 1.53. The second-order valence-electron chi connectivity index (χ2n) is 4.00. The van der Waals surface area contributed by atoms with Gasteiger partial charge >= 0.3 is 0 Å². The molecule has 0 aromatic heterocycles. The van der Waals surface area contributed by atoms with E-state index in [-0.39, 0.29) is 17.6 Å². The third kappa shape index (κ3) is 4.29. The first-order chi connectivity index (χ1) is 8.97. The topological polar surface area (TPSA) is 84.3 Å². The second-order valence-corrected chi connectivity index (χ2v) is 4.80.